The zero-order chi connectivity index (χ0) is 13.7. The van der Waals surface area contributed by atoms with Crippen molar-refractivity contribution >= 4 is 21.7 Å². The van der Waals surface area contributed by atoms with Crippen molar-refractivity contribution in [2.45, 2.75) is 18.2 Å². The van der Waals surface area contributed by atoms with E-state index in [0.29, 0.717) is 11.6 Å². The Morgan fingerprint density at radius 3 is 2.58 bits per heavy atom. The highest BCUT2D eigenvalue weighted by molar-refractivity contribution is 7.92. The number of rotatable bonds is 6. The molecule has 9 heteroatoms. The van der Waals surface area contributed by atoms with Gasteiger partial charge in [-0.25, -0.2) is 18.4 Å². The Hall–Kier alpha value is -2.16. The second-order valence-electron chi connectivity index (χ2n) is 3.76. The van der Waals surface area contributed by atoms with Crippen molar-refractivity contribution in [3.8, 4) is 0 Å². The summed E-state index contributed by atoms with van der Waals surface area (Å²) in [5, 5.41) is 9.14. The third kappa shape index (κ3) is 3.41. The van der Waals surface area contributed by atoms with Gasteiger partial charge in [-0.1, -0.05) is 6.92 Å². The van der Waals surface area contributed by atoms with Crippen molar-refractivity contribution in [3.05, 3.63) is 24.8 Å². The zero-order valence-corrected chi connectivity index (χ0v) is 11.1. The number of hydrogen-bond donors (Lipinski definition) is 3. The molecule has 19 heavy (non-hydrogen) atoms. The number of nitrogens with one attached hydrogen (secondary N) is 3. The first kappa shape index (κ1) is 13.3. The Morgan fingerprint density at radius 2 is 2.00 bits per heavy atom. The molecule has 0 bridgehead atoms. The molecule has 0 spiro atoms. The van der Waals surface area contributed by atoms with Crippen LogP contribution in [0.25, 0.3) is 0 Å². The van der Waals surface area contributed by atoms with E-state index in [4.69, 9.17) is 0 Å². The van der Waals surface area contributed by atoms with Gasteiger partial charge in [0.15, 0.2) is 0 Å². The molecule has 0 unspecified atom stereocenters. The van der Waals surface area contributed by atoms with Crippen LogP contribution in [0, 0.1) is 0 Å². The molecule has 0 radical (unpaired) electrons. The lowest BCUT2D eigenvalue weighted by Crippen LogP contribution is -2.14. The van der Waals surface area contributed by atoms with Gasteiger partial charge in [0.25, 0.3) is 10.0 Å². The van der Waals surface area contributed by atoms with Crippen LogP contribution in [0.3, 0.4) is 0 Å². The Labute approximate surface area is 110 Å². The van der Waals surface area contributed by atoms with E-state index in [1.54, 1.807) is 0 Å². The third-order valence-electron chi connectivity index (χ3n) is 2.22. The van der Waals surface area contributed by atoms with E-state index in [2.05, 4.69) is 30.2 Å². The topological polar surface area (TPSA) is 113 Å². The number of anilines is 2. The highest BCUT2D eigenvalue weighted by Gasteiger charge is 2.15. The lowest BCUT2D eigenvalue weighted by Gasteiger charge is -2.06. The van der Waals surface area contributed by atoms with Gasteiger partial charge in [0.1, 0.15) is 4.90 Å². The van der Waals surface area contributed by atoms with Gasteiger partial charge in [0.05, 0.1) is 24.3 Å². The van der Waals surface area contributed by atoms with Crippen LogP contribution in [-0.4, -0.2) is 35.1 Å². The monoisotopic (exact) mass is 282 g/mol. The molecular weight excluding hydrogens is 268 g/mol. The average Bonchev–Trinajstić information content (AvgIpc) is 2.89. The molecule has 3 N–H and O–H groups in total. The van der Waals surface area contributed by atoms with Crippen LogP contribution in [-0.2, 0) is 10.0 Å². The molecule has 2 aromatic heterocycles. The van der Waals surface area contributed by atoms with Gasteiger partial charge in [0, 0.05) is 12.7 Å². The van der Waals surface area contributed by atoms with Gasteiger partial charge < -0.3 is 5.32 Å². The fourth-order valence-electron chi connectivity index (χ4n) is 1.30. The zero-order valence-electron chi connectivity index (χ0n) is 10.3. The average molecular weight is 282 g/mol. The predicted octanol–water partition coefficient (Wildman–Crippen LogP) is 0.822. The number of sulfonamides is 1. The van der Waals surface area contributed by atoms with E-state index in [9.17, 15) is 8.42 Å². The number of aromatic amines is 1. The maximum atomic E-state index is 12.0. The quantitative estimate of drug-likeness (QED) is 0.723. The van der Waals surface area contributed by atoms with Crippen molar-refractivity contribution in [1.82, 2.24) is 20.2 Å². The van der Waals surface area contributed by atoms with Crippen LogP contribution in [0.1, 0.15) is 13.3 Å². The maximum absolute atomic E-state index is 12.0. The molecule has 0 aliphatic rings. The summed E-state index contributed by atoms with van der Waals surface area (Å²) >= 11 is 0. The van der Waals surface area contributed by atoms with Crippen LogP contribution in [0.15, 0.2) is 29.7 Å². The molecular formula is C10H14N6O2S. The highest BCUT2D eigenvalue weighted by atomic mass is 32.2. The number of nitrogens with zero attached hydrogens (tertiary/aromatic N) is 3. The van der Waals surface area contributed by atoms with Crippen molar-refractivity contribution in [3.63, 3.8) is 0 Å². The van der Waals surface area contributed by atoms with Gasteiger partial charge in [-0.15, -0.1) is 0 Å². The second kappa shape index (κ2) is 5.65. The maximum Gasteiger partial charge on any atom is 0.265 e. The summed E-state index contributed by atoms with van der Waals surface area (Å²) in [6.45, 7) is 2.75. The van der Waals surface area contributed by atoms with Crippen molar-refractivity contribution in [2.75, 3.05) is 16.6 Å². The van der Waals surface area contributed by atoms with E-state index < -0.39 is 10.0 Å². The largest absolute Gasteiger partial charge is 0.354 e. The van der Waals surface area contributed by atoms with Crippen LogP contribution in [0.2, 0.25) is 0 Å². The van der Waals surface area contributed by atoms with Crippen molar-refractivity contribution in [1.29, 1.82) is 0 Å². The molecule has 0 saturated heterocycles. The Balaban J connectivity index is 2.12. The van der Waals surface area contributed by atoms with Gasteiger partial charge >= 0.3 is 0 Å². The molecule has 2 aromatic rings. The second-order valence-corrected chi connectivity index (χ2v) is 5.44. The van der Waals surface area contributed by atoms with E-state index in [1.165, 1.54) is 24.8 Å². The summed E-state index contributed by atoms with van der Waals surface area (Å²) in [5.41, 5.74) is 0.355. The molecule has 0 atom stereocenters. The van der Waals surface area contributed by atoms with Gasteiger partial charge in [-0.05, 0) is 6.42 Å². The lowest BCUT2D eigenvalue weighted by molar-refractivity contribution is 0.600. The minimum absolute atomic E-state index is 0.00394. The SMILES string of the molecule is CCCNc1ncc(S(=O)(=O)Nc2cn[nH]c2)cn1. The smallest absolute Gasteiger partial charge is 0.265 e. The van der Waals surface area contributed by atoms with Gasteiger partial charge in [-0.3, -0.25) is 9.82 Å². The molecule has 2 heterocycles. The van der Waals surface area contributed by atoms with E-state index >= 15 is 0 Å². The molecule has 0 amide bonds. The van der Waals surface area contributed by atoms with Crippen LogP contribution >= 0.6 is 0 Å². The summed E-state index contributed by atoms with van der Waals surface area (Å²) in [5.74, 6) is 0.407. The molecule has 0 aliphatic carbocycles. The summed E-state index contributed by atoms with van der Waals surface area (Å²) < 4.78 is 26.3. The highest BCUT2D eigenvalue weighted by Crippen LogP contribution is 2.13. The first-order valence-electron chi connectivity index (χ1n) is 5.69. The number of hydrogen-bond acceptors (Lipinski definition) is 6. The van der Waals surface area contributed by atoms with Crippen LogP contribution in [0.5, 0.6) is 0 Å². The minimum atomic E-state index is -3.68. The number of aromatic nitrogens is 4. The van der Waals surface area contributed by atoms with Crippen molar-refractivity contribution in [2.24, 2.45) is 0 Å². The van der Waals surface area contributed by atoms with Crippen LogP contribution in [0.4, 0.5) is 11.6 Å². The van der Waals surface area contributed by atoms with Gasteiger partial charge in [-0.2, -0.15) is 5.10 Å². The lowest BCUT2D eigenvalue weighted by atomic mass is 10.5. The Bertz CT molecular complexity index is 608. The van der Waals surface area contributed by atoms with Gasteiger partial charge in [0.2, 0.25) is 5.95 Å². The van der Waals surface area contributed by atoms with E-state index in [0.717, 1.165) is 13.0 Å². The van der Waals surface area contributed by atoms with Crippen molar-refractivity contribution < 1.29 is 8.42 Å². The molecule has 0 saturated carbocycles. The molecule has 2 rings (SSSR count). The predicted molar refractivity (Wildman–Crippen MR) is 70.2 cm³/mol. The van der Waals surface area contributed by atoms with Crippen LogP contribution < -0.4 is 10.0 Å². The summed E-state index contributed by atoms with van der Waals surface area (Å²) in [6.07, 6.45) is 6.26. The first-order valence-corrected chi connectivity index (χ1v) is 7.17. The molecule has 8 nitrogen and oxygen atoms in total. The standard InChI is InChI=1S/C10H14N6O2S/c1-2-3-11-10-12-6-9(7-13-10)19(17,18)16-8-4-14-15-5-8/h4-7,16H,2-3H2,1H3,(H,14,15)(H,11,12,13). The first-order chi connectivity index (χ1) is 9.12. The minimum Gasteiger partial charge on any atom is -0.354 e. The molecule has 0 aliphatic heterocycles. The number of H-pyrrole nitrogens is 1. The molecule has 0 fully saturated rings. The fourth-order valence-corrected chi connectivity index (χ4v) is 2.23. The summed E-state index contributed by atoms with van der Waals surface area (Å²) in [4.78, 5) is 7.89. The van der Waals surface area contributed by atoms with E-state index in [1.807, 2.05) is 6.92 Å². The normalized spacial score (nSPS) is 11.2. The summed E-state index contributed by atoms with van der Waals surface area (Å²) in [6, 6.07) is 0. The summed E-state index contributed by atoms with van der Waals surface area (Å²) in [7, 11) is -3.68. The molecule has 102 valence electrons. The fraction of sp³-hybridized carbons (Fsp3) is 0.300. The third-order valence-corrected chi connectivity index (χ3v) is 3.56. The Morgan fingerprint density at radius 1 is 1.26 bits per heavy atom. The Kier molecular flexibility index (Phi) is 3.95. The van der Waals surface area contributed by atoms with E-state index in [-0.39, 0.29) is 4.90 Å². The molecule has 0 aromatic carbocycles.